The van der Waals surface area contributed by atoms with Crippen LogP contribution in [-0.2, 0) is 0 Å². The minimum absolute atomic E-state index is 0.261. The van der Waals surface area contributed by atoms with Crippen LogP contribution in [0.2, 0.25) is 0 Å². The van der Waals surface area contributed by atoms with Crippen LogP contribution in [0.5, 0.6) is 5.88 Å². The number of anilines is 3. The van der Waals surface area contributed by atoms with E-state index in [2.05, 4.69) is 25.2 Å². The molecule has 0 bridgehead atoms. The van der Waals surface area contributed by atoms with Crippen molar-refractivity contribution >= 4 is 23.4 Å². The number of amides is 1. The first kappa shape index (κ1) is 17.9. The third kappa shape index (κ3) is 4.01. The Bertz CT molecular complexity index is 774. The number of methoxy groups -OCH3 is 1. The fraction of sp³-hybridized carbons (Fsp3) is 0.444. The lowest BCUT2D eigenvalue weighted by Crippen LogP contribution is -2.31. The van der Waals surface area contributed by atoms with Gasteiger partial charge in [0.15, 0.2) is 5.82 Å². The first-order valence-electron chi connectivity index (χ1n) is 8.69. The van der Waals surface area contributed by atoms with E-state index < -0.39 is 0 Å². The number of rotatable bonds is 5. The maximum atomic E-state index is 12.6. The molecule has 1 amide bonds. The van der Waals surface area contributed by atoms with Crippen LogP contribution in [0.1, 0.15) is 29.6 Å². The van der Waals surface area contributed by atoms with Crippen LogP contribution < -0.4 is 19.9 Å². The Morgan fingerprint density at radius 1 is 1.23 bits per heavy atom. The number of hydrogen-bond acceptors (Lipinski definition) is 7. The summed E-state index contributed by atoms with van der Waals surface area (Å²) in [5.74, 6) is 1.51. The van der Waals surface area contributed by atoms with Gasteiger partial charge in [0.2, 0.25) is 11.8 Å². The molecule has 0 radical (unpaired) electrons. The van der Waals surface area contributed by atoms with E-state index in [1.165, 1.54) is 19.7 Å². The average Bonchev–Trinajstić information content (AvgIpc) is 2.68. The topological polar surface area (TPSA) is 83.5 Å². The molecule has 3 rings (SSSR count). The van der Waals surface area contributed by atoms with Gasteiger partial charge < -0.3 is 19.9 Å². The van der Waals surface area contributed by atoms with Crippen LogP contribution in [0, 0.1) is 0 Å². The van der Waals surface area contributed by atoms with Crippen molar-refractivity contribution in [1.29, 1.82) is 0 Å². The van der Waals surface area contributed by atoms with Crippen LogP contribution >= 0.6 is 0 Å². The van der Waals surface area contributed by atoms with Crippen LogP contribution in [0.25, 0.3) is 0 Å². The van der Waals surface area contributed by atoms with Crippen LogP contribution in [0.3, 0.4) is 0 Å². The van der Waals surface area contributed by atoms with Crippen molar-refractivity contribution < 1.29 is 9.53 Å². The lowest BCUT2D eigenvalue weighted by molar-refractivity contribution is 0.102. The summed E-state index contributed by atoms with van der Waals surface area (Å²) in [6, 6.07) is 3.23. The van der Waals surface area contributed by atoms with Crippen LogP contribution in [0.15, 0.2) is 24.5 Å². The Kier molecular flexibility index (Phi) is 5.50. The first-order valence-corrected chi connectivity index (χ1v) is 8.69. The second kappa shape index (κ2) is 7.99. The highest BCUT2D eigenvalue weighted by atomic mass is 16.5. The lowest BCUT2D eigenvalue weighted by Gasteiger charge is -2.28. The maximum absolute atomic E-state index is 12.6. The van der Waals surface area contributed by atoms with Gasteiger partial charge in [-0.05, 0) is 25.3 Å². The Morgan fingerprint density at radius 2 is 2.00 bits per heavy atom. The first-order chi connectivity index (χ1) is 12.6. The summed E-state index contributed by atoms with van der Waals surface area (Å²) >= 11 is 0. The average molecular weight is 356 g/mol. The molecular formula is C18H24N6O2. The lowest BCUT2D eigenvalue weighted by atomic mass is 10.1. The van der Waals surface area contributed by atoms with Gasteiger partial charge in [-0.2, -0.15) is 4.98 Å². The Morgan fingerprint density at radius 3 is 2.69 bits per heavy atom. The number of ether oxygens (including phenoxy) is 1. The monoisotopic (exact) mass is 356 g/mol. The van der Waals surface area contributed by atoms with Gasteiger partial charge in [0.05, 0.1) is 13.3 Å². The highest BCUT2D eigenvalue weighted by molar-refractivity contribution is 6.05. The minimum atomic E-state index is -0.261. The molecule has 1 N–H and O–H groups in total. The highest BCUT2D eigenvalue weighted by Crippen LogP contribution is 2.25. The third-order valence-electron chi connectivity index (χ3n) is 4.27. The number of nitrogens with one attached hydrogen (secondary N) is 1. The molecule has 2 aromatic rings. The third-order valence-corrected chi connectivity index (χ3v) is 4.27. The molecule has 0 aliphatic carbocycles. The second-order valence-corrected chi connectivity index (χ2v) is 6.39. The van der Waals surface area contributed by atoms with Gasteiger partial charge in [-0.3, -0.25) is 4.79 Å². The van der Waals surface area contributed by atoms with Crippen molar-refractivity contribution in [2.24, 2.45) is 0 Å². The van der Waals surface area contributed by atoms with Crippen molar-refractivity contribution in [3.8, 4) is 5.88 Å². The van der Waals surface area contributed by atoms with E-state index >= 15 is 0 Å². The van der Waals surface area contributed by atoms with Gasteiger partial charge >= 0.3 is 0 Å². The maximum Gasteiger partial charge on any atom is 0.256 e. The molecule has 0 aromatic carbocycles. The largest absolute Gasteiger partial charge is 0.481 e. The molecule has 0 atom stereocenters. The van der Waals surface area contributed by atoms with Crippen molar-refractivity contribution in [2.45, 2.75) is 19.3 Å². The number of carbonyl (C=O) groups is 1. The zero-order chi connectivity index (χ0) is 18.5. The molecule has 8 heteroatoms. The Balaban J connectivity index is 1.83. The molecule has 1 aliphatic rings. The molecule has 3 heterocycles. The molecule has 138 valence electrons. The number of pyridine rings is 1. The van der Waals surface area contributed by atoms with Gasteiger partial charge in [0.1, 0.15) is 5.69 Å². The van der Waals surface area contributed by atoms with Gasteiger partial charge in [-0.1, -0.05) is 0 Å². The normalized spacial score (nSPS) is 14.0. The van der Waals surface area contributed by atoms with E-state index in [0.717, 1.165) is 25.9 Å². The van der Waals surface area contributed by atoms with E-state index in [-0.39, 0.29) is 5.91 Å². The second-order valence-electron chi connectivity index (χ2n) is 6.39. The molecule has 8 nitrogen and oxygen atoms in total. The van der Waals surface area contributed by atoms with E-state index in [1.807, 2.05) is 19.0 Å². The molecule has 2 aromatic heterocycles. The van der Waals surface area contributed by atoms with Gasteiger partial charge in [0.25, 0.3) is 5.91 Å². The molecule has 0 unspecified atom stereocenters. The zero-order valence-corrected chi connectivity index (χ0v) is 15.4. The van der Waals surface area contributed by atoms with Crippen LogP contribution in [0.4, 0.5) is 17.5 Å². The van der Waals surface area contributed by atoms with Gasteiger partial charge in [-0.15, -0.1) is 0 Å². The summed E-state index contributed by atoms with van der Waals surface area (Å²) in [5, 5.41) is 2.88. The molecular weight excluding hydrogens is 332 g/mol. The fourth-order valence-corrected chi connectivity index (χ4v) is 2.90. The molecule has 0 saturated carbocycles. The van der Waals surface area contributed by atoms with Crippen molar-refractivity contribution in [1.82, 2.24) is 15.0 Å². The van der Waals surface area contributed by atoms with E-state index in [0.29, 0.717) is 28.9 Å². The molecule has 1 aliphatic heterocycles. The predicted molar refractivity (Wildman–Crippen MR) is 101 cm³/mol. The predicted octanol–water partition coefficient (Wildman–Crippen LogP) is 2.19. The summed E-state index contributed by atoms with van der Waals surface area (Å²) in [4.78, 5) is 29.8. The summed E-state index contributed by atoms with van der Waals surface area (Å²) in [6.07, 6.45) is 6.77. The van der Waals surface area contributed by atoms with E-state index in [1.54, 1.807) is 18.3 Å². The summed E-state index contributed by atoms with van der Waals surface area (Å²) < 4.78 is 5.07. The zero-order valence-electron chi connectivity index (χ0n) is 15.4. The summed E-state index contributed by atoms with van der Waals surface area (Å²) in [7, 11) is 5.31. The van der Waals surface area contributed by atoms with Crippen molar-refractivity contribution in [3.05, 3.63) is 30.1 Å². The molecule has 26 heavy (non-hydrogen) atoms. The van der Waals surface area contributed by atoms with Gasteiger partial charge in [0, 0.05) is 45.0 Å². The molecule has 1 fully saturated rings. The summed E-state index contributed by atoms with van der Waals surface area (Å²) in [5.41, 5.74) is 1.03. The van der Waals surface area contributed by atoms with Gasteiger partial charge in [-0.25, -0.2) is 9.97 Å². The Labute approximate surface area is 153 Å². The van der Waals surface area contributed by atoms with E-state index in [4.69, 9.17) is 4.74 Å². The SMILES string of the molecule is COc1cc(C(=O)Nc2cnc(N3CCCCC3)nc2N(C)C)ccn1. The summed E-state index contributed by atoms with van der Waals surface area (Å²) in [6.45, 7) is 1.94. The van der Waals surface area contributed by atoms with Crippen LogP contribution in [-0.4, -0.2) is 55.2 Å². The minimum Gasteiger partial charge on any atom is -0.481 e. The molecule has 1 saturated heterocycles. The standard InChI is InChI=1S/C18H24N6O2/c1-23(2)16-14(12-20-18(22-16)24-9-5-4-6-10-24)21-17(25)13-7-8-19-15(11-13)26-3/h7-8,11-12H,4-6,9-10H2,1-3H3,(H,21,25). The number of aromatic nitrogens is 3. The fourth-order valence-electron chi connectivity index (χ4n) is 2.90. The molecule has 0 spiro atoms. The number of nitrogens with zero attached hydrogens (tertiary/aromatic N) is 5. The quantitative estimate of drug-likeness (QED) is 0.879. The Hall–Kier alpha value is -2.90. The smallest absolute Gasteiger partial charge is 0.256 e. The van der Waals surface area contributed by atoms with Crippen molar-refractivity contribution in [3.63, 3.8) is 0 Å². The number of hydrogen-bond donors (Lipinski definition) is 1. The number of carbonyl (C=O) groups excluding carboxylic acids is 1. The van der Waals surface area contributed by atoms with Crippen molar-refractivity contribution in [2.75, 3.05) is 49.4 Å². The highest BCUT2D eigenvalue weighted by Gasteiger charge is 2.18. The number of piperidine rings is 1. The van der Waals surface area contributed by atoms with E-state index in [9.17, 15) is 4.79 Å².